The molecule has 3 aromatic rings. The van der Waals surface area contributed by atoms with Crippen LogP contribution in [-0.4, -0.2) is 21.7 Å². The summed E-state index contributed by atoms with van der Waals surface area (Å²) in [6.07, 6.45) is 0. The van der Waals surface area contributed by atoms with Gasteiger partial charge in [-0.15, -0.1) is 10.2 Å². The van der Waals surface area contributed by atoms with E-state index in [-0.39, 0.29) is 11.5 Å². The van der Waals surface area contributed by atoms with Crippen LogP contribution in [-0.2, 0) is 0 Å². The molecule has 0 fully saturated rings. The van der Waals surface area contributed by atoms with Crippen molar-refractivity contribution in [3.8, 4) is 0 Å². The minimum atomic E-state index is -0.0962. The van der Waals surface area contributed by atoms with Crippen molar-refractivity contribution < 1.29 is 4.79 Å². The highest BCUT2D eigenvalue weighted by atomic mass is 35.5. The molecule has 8 heteroatoms. The van der Waals surface area contributed by atoms with Crippen LogP contribution in [0.2, 0.25) is 10.0 Å². The average molecular weight is 410 g/mol. The zero-order valence-electron chi connectivity index (χ0n) is 13.1. The summed E-state index contributed by atoms with van der Waals surface area (Å²) in [6.45, 7) is 2.02. The van der Waals surface area contributed by atoms with E-state index in [1.807, 2.05) is 31.2 Å². The number of rotatable bonds is 6. The molecule has 0 bridgehead atoms. The third-order valence-corrected chi connectivity index (χ3v) is 5.89. The second kappa shape index (κ2) is 8.19. The first-order chi connectivity index (χ1) is 12.0. The molecule has 0 saturated carbocycles. The number of aryl methyl sites for hydroxylation is 1. The Kier molecular flexibility index (Phi) is 5.96. The largest absolute Gasteiger partial charge is 0.330 e. The Labute approximate surface area is 163 Å². The van der Waals surface area contributed by atoms with Gasteiger partial charge in [0.2, 0.25) is 5.13 Å². The Morgan fingerprint density at radius 3 is 2.80 bits per heavy atom. The number of nitrogens with one attached hydrogen (secondary N) is 1. The van der Waals surface area contributed by atoms with Crippen LogP contribution in [0.15, 0.2) is 46.8 Å². The van der Waals surface area contributed by atoms with Gasteiger partial charge in [0, 0.05) is 16.3 Å². The molecule has 1 heterocycles. The summed E-state index contributed by atoms with van der Waals surface area (Å²) in [5.41, 5.74) is 2.53. The Morgan fingerprint density at radius 1 is 1.20 bits per heavy atom. The lowest BCUT2D eigenvalue weighted by molar-refractivity contribution is 0.102. The van der Waals surface area contributed by atoms with Crippen LogP contribution >= 0.6 is 46.3 Å². The molecule has 1 N–H and O–H groups in total. The summed E-state index contributed by atoms with van der Waals surface area (Å²) in [7, 11) is 0. The molecule has 0 amide bonds. The van der Waals surface area contributed by atoms with Crippen LogP contribution < -0.4 is 5.32 Å². The van der Waals surface area contributed by atoms with Crippen LogP contribution in [0.25, 0.3) is 0 Å². The van der Waals surface area contributed by atoms with Crippen molar-refractivity contribution in [2.75, 3.05) is 11.1 Å². The fourth-order valence-electron chi connectivity index (χ4n) is 2.06. The molecule has 0 aliphatic rings. The normalized spacial score (nSPS) is 10.7. The van der Waals surface area contributed by atoms with Crippen LogP contribution in [0.4, 0.5) is 10.8 Å². The minimum absolute atomic E-state index is 0.0962. The molecule has 128 valence electrons. The molecule has 0 aliphatic carbocycles. The van der Waals surface area contributed by atoms with E-state index in [1.54, 1.807) is 18.2 Å². The Balaban J connectivity index is 1.63. The van der Waals surface area contributed by atoms with Crippen LogP contribution in [0.3, 0.4) is 0 Å². The van der Waals surface area contributed by atoms with Gasteiger partial charge in [-0.3, -0.25) is 4.79 Å². The first kappa shape index (κ1) is 18.2. The van der Waals surface area contributed by atoms with Crippen molar-refractivity contribution in [1.29, 1.82) is 0 Å². The molecule has 4 nitrogen and oxygen atoms in total. The molecule has 0 unspecified atom stereocenters. The third-order valence-electron chi connectivity index (χ3n) is 3.35. The van der Waals surface area contributed by atoms with E-state index in [1.165, 1.54) is 23.1 Å². The molecule has 0 saturated heterocycles. The average Bonchev–Trinajstić information content (AvgIpc) is 3.04. The number of nitrogens with zero attached hydrogens (tertiary/aromatic N) is 2. The molecule has 0 aliphatic heterocycles. The maximum atomic E-state index is 12.3. The number of carbonyl (C=O) groups is 1. The van der Waals surface area contributed by atoms with E-state index in [0.29, 0.717) is 25.1 Å². The van der Waals surface area contributed by atoms with Gasteiger partial charge < -0.3 is 5.32 Å². The van der Waals surface area contributed by atoms with E-state index < -0.39 is 0 Å². The van der Waals surface area contributed by atoms with Crippen LogP contribution in [0.5, 0.6) is 0 Å². The smallest absolute Gasteiger partial charge is 0.210 e. The molecule has 1 aromatic heterocycles. The highest BCUT2D eigenvalue weighted by Crippen LogP contribution is 2.30. The van der Waals surface area contributed by atoms with Crippen molar-refractivity contribution in [3.05, 3.63) is 63.6 Å². The van der Waals surface area contributed by atoms with Gasteiger partial charge in [0.1, 0.15) is 0 Å². The first-order valence-corrected chi connectivity index (χ1v) is 9.86. The van der Waals surface area contributed by atoms with Gasteiger partial charge in [-0.05, 0) is 36.8 Å². The van der Waals surface area contributed by atoms with Gasteiger partial charge in [0.25, 0.3) is 0 Å². The number of halogens is 2. The molecular weight excluding hydrogens is 397 g/mol. The predicted octanol–water partition coefficient (Wildman–Crippen LogP) is 5.87. The predicted molar refractivity (Wildman–Crippen MR) is 106 cm³/mol. The summed E-state index contributed by atoms with van der Waals surface area (Å²) < 4.78 is 0.711. The summed E-state index contributed by atoms with van der Waals surface area (Å²) in [6, 6.07) is 12.8. The second-order valence-electron chi connectivity index (χ2n) is 5.15. The lowest BCUT2D eigenvalue weighted by Gasteiger charge is -2.04. The molecule has 0 spiro atoms. The fraction of sp³-hybridized carbons (Fsp3) is 0.118. The maximum Gasteiger partial charge on any atom is 0.210 e. The number of hydrogen-bond donors (Lipinski definition) is 1. The number of carbonyl (C=O) groups excluding carboxylic acids is 1. The van der Waals surface area contributed by atoms with E-state index in [9.17, 15) is 4.79 Å². The summed E-state index contributed by atoms with van der Waals surface area (Å²) in [5, 5.41) is 13.0. The Hall–Kier alpha value is -1.60. The number of benzene rings is 2. The minimum Gasteiger partial charge on any atom is -0.330 e. The highest BCUT2D eigenvalue weighted by molar-refractivity contribution is 8.01. The van der Waals surface area contributed by atoms with Crippen LogP contribution in [0.1, 0.15) is 15.9 Å². The number of aromatic nitrogens is 2. The van der Waals surface area contributed by atoms with Gasteiger partial charge in [0.15, 0.2) is 10.1 Å². The van der Waals surface area contributed by atoms with Gasteiger partial charge in [-0.25, -0.2) is 0 Å². The lowest BCUT2D eigenvalue weighted by atomic mass is 10.1. The van der Waals surface area contributed by atoms with Crippen molar-refractivity contribution in [2.24, 2.45) is 0 Å². The van der Waals surface area contributed by atoms with E-state index >= 15 is 0 Å². The molecule has 0 radical (unpaired) electrons. The van der Waals surface area contributed by atoms with Crippen molar-refractivity contribution in [1.82, 2.24) is 10.2 Å². The number of ketones is 1. The number of thioether (sulfide) groups is 1. The number of Topliss-reactive ketones (excluding diaryl/α,β-unsaturated/α-hetero) is 1. The van der Waals surface area contributed by atoms with Gasteiger partial charge in [-0.1, -0.05) is 64.5 Å². The summed E-state index contributed by atoms with van der Waals surface area (Å²) in [4.78, 5) is 12.3. The fourth-order valence-corrected chi connectivity index (χ4v) is 4.11. The molecule has 0 atom stereocenters. The summed E-state index contributed by atoms with van der Waals surface area (Å²) >= 11 is 14.7. The topological polar surface area (TPSA) is 54.9 Å². The second-order valence-corrected chi connectivity index (χ2v) is 8.19. The number of hydrogen-bond acceptors (Lipinski definition) is 6. The quantitative estimate of drug-likeness (QED) is 0.407. The summed E-state index contributed by atoms with van der Waals surface area (Å²) in [5.74, 6) is 0.125. The van der Waals surface area contributed by atoms with Gasteiger partial charge in [-0.2, -0.15) is 0 Å². The van der Waals surface area contributed by atoms with Crippen molar-refractivity contribution >= 4 is 62.9 Å². The van der Waals surface area contributed by atoms with E-state index in [0.717, 1.165) is 11.3 Å². The molecular formula is C17H13Cl2N3OS2. The number of anilines is 2. The van der Waals surface area contributed by atoms with Crippen molar-refractivity contribution in [3.63, 3.8) is 0 Å². The van der Waals surface area contributed by atoms with Crippen LogP contribution in [0, 0.1) is 6.92 Å². The molecule has 25 heavy (non-hydrogen) atoms. The number of para-hydroxylation sites is 1. The van der Waals surface area contributed by atoms with Gasteiger partial charge in [0.05, 0.1) is 10.8 Å². The Bertz CT molecular complexity index is 914. The SMILES string of the molecule is Cc1ccccc1Nc1nnc(SCC(=O)c2cc(Cl)ccc2Cl)s1. The zero-order valence-corrected chi connectivity index (χ0v) is 16.3. The first-order valence-electron chi connectivity index (χ1n) is 7.30. The van der Waals surface area contributed by atoms with E-state index in [2.05, 4.69) is 15.5 Å². The molecule has 2 aromatic carbocycles. The Morgan fingerprint density at radius 2 is 2.00 bits per heavy atom. The lowest BCUT2D eigenvalue weighted by Crippen LogP contribution is -2.03. The van der Waals surface area contributed by atoms with Crippen molar-refractivity contribution in [2.45, 2.75) is 11.3 Å². The molecule has 3 rings (SSSR count). The highest BCUT2D eigenvalue weighted by Gasteiger charge is 2.14. The van der Waals surface area contributed by atoms with E-state index in [4.69, 9.17) is 23.2 Å². The van der Waals surface area contributed by atoms with Gasteiger partial charge >= 0.3 is 0 Å². The third kappa shape index (κ3) is 4.73. The standard InChI is InChI=1S/C17H13Cl2N3OS2/c1-10-4-2-3-5-14(10)20-16-21-22-17(25-16)24-9-15(23)12-8-11(18)6-7-13(12)19/h2-8H,9H2,1H3,(H,20,21). The monoisotopic (exact) mass is 409 g/mol. The zero-order chi connectivity index (χ0) is 17.8. The maximum absolute atomic E-state index is 12.3.